The third-order valence-corrected chi connectivity index (χ3v) is 2.06. The summed E-state index contributed by atoms with van der Waals surface area (Å²) < 4.78 is 1.68. The number of fused-ring (bicyclic) bond motifs is 1. The van der Waals surface area contributed by atoms with Crippen molar-refractivity contribution in [3.8, 4) is 0 Å². The lowest BCUT2D eigenvalue weighted by Gasteiger charge is -2.17. The van der Waals surface area contributed by atoms with E-state index in [2.05, 4.69) is 21.0 Å². The van der Waals surface area contributed by atoms with Crippen molar-refractivity contribution in [2.75, 3.05) is 11.9 Å². The van der Waals surface area contributed by atoms with Crippen molar-refractivity contribution in [2.45, 2.75) is 6.17 Å². The molecule has 1 aliphatic heterocycles. The molecule has 1 aromatic heterocycles. The molecule has 0 fully saturated rings. The number of nitrogens with two attached hydrogens (primary N) is 2. The van der Waals surface area contributed by atoms with Gasteiger partial charge in [0.1, 0.15) is 18.2 Å². The maximum atomic E-state index is 8.58. The van der Waals surface area contributed by atoms with E-state index in [0.29, 0.717) is 11.5 Å². The van der Waals surface area contributed by atoms with E-state index in [9.17, 15) is 0 Å². The summed E-state index contributed by atoms with van der Waals surface area (Å²) in [6, 6.07) is 0. The van der Waals surface area contributed by atoms with E-state index < -0.39 is 6.17 Å². The highest BCUT2D eigenvalue weighted by molar-refractivity contribution is 5.93. The van der Waals surface area contributed by atoms with Gasteiger partial charge in [-0.1, -0.05) is 0 Å². The second kappa shape index (κ2) is 4.19. The second-order valence-corrected chi connectivity index (χ2v) is 3.15. The molecule has 0 saturated heterocycles. The van der Waals surface area contributed by atoms with Crippen LogP contribution >= 0.6 is 0 Å². The summed E-state index contributed by atoms with van der Waals surface area (Å²) in [6.07, 6.45) is 4.11. The number of nitrogens with one attached hydrogen (secondary N) is 1. The van der Waals surface area contributed by atoms with Crippen LogP contribution < -0.4 is 16.8 Å². The van der Waals surface area contributed by atoms with E-state index in [1.807, 2.05) is 0 Å². The zero-order valence-corrected chi connectivity index (χ0v) is 8.46. The van der Waals surface area contributed by atoms with Crippen molar-refractivity contribution in [1.29, 1.82) is 0 Å². The molecule has 0 aliphatic carbocycles. The summed E-state index contributed by atoms with van der Waals surface area (Å²) in [5, 5.41) is 11.4. The van der Waals surface area contributed by atoms with Gasteiger partial charge in [0.15, 0.2) is 11.8 Å². The topological polar surface area (TPSA) is 114 Å². The maximum Gasteiger partial charge on any atom is 0.196 e. The zero-order chi connectivity index (χ0) is 11.5. The molecule has 2 rings (SSSR count). The Labute approximate surface area is 91.8 Å². The molecule has 0 aromatic carbocycles. The Hall–Kier alpha value is -2.08. The van der Waals surface area contributed by atoms with Crippen molar-refractivity contribution in [2.24, 2.45) is 16.5 Å². The smallest absolute Gasteiger partial charge is 0.196 e. The summed E-state index contributed by atoms with van der Waals surface area (Å²) in [5.74, 6) is 0.835. The third kappa shape index (κ3) is 1.82. The van der Waals surface area contributed by atoms with Gasteiger partial charge in [-0.2, -0.15) is 0 Å². The van der Waals surface area contributed by atoms with Gasteiger partial charge < -0.3 is 21.9 Å². The Bertz CT molecular complexity index is 482. The van der Waals surface area contributed by atoms with Crippen LogP contribution in [0.4, 0.5) is 5.82 Å². The fourth-order valence-corrected chi connectivity index (χ4v) is 1.41. The highest BCUT2D eigenvalue weighted by atomic mass is 16.2. The first-order valence-corrected chi connectivity index (χ1v) is 4.67. The summed E-state index contributed by atoms with van der Waals surface area (Å²) in [7, 11) is 0. The number of imidazole rings is 1. The van der Waals surface area contributed by atoms with Gasteiger partial charge in [-0.15, -0.1) is 5.73 Å². The highest BCUT2D eigenvalue weighted by Crippen LogP contribution is 2.24. The lowest BCUT2D eigenvalue weighted by Crippen LogP contribution is -2.31. The predicted molar refractivity (Wildman–Crippen MR) is 60.3 cm³/mol. The zero-order valence-electron chi connectivity index (χ0n) is 8.46. The van der Waals surface area contributed by atoms with Gasteiger partial charge in [0, 0.05) is 0 Å². The molecule has 7 nitrogen and oxygen atoms in total. The standard InChI is InChI=1S/C9H12N6O/c10-7-6-8(14-9(11)13-7)12-5-15(6)3-1-2-4-16/h2-3,5,7,16H,4,10H2,(H3,11,13,14). The molecule has 1 aromatic rings. The first-order valence-electron chi connectivity index (χ1n) is 4.67. The van der Waals surface area contributed by atoms with Gasteiger partial charge in [0.25, 0.3) is 0 Å². The maximum absolute atomic E-state index is 8.58. The molecule has 0 amide bonds. The van der Waals surface area contributed by atoms with E-state index in [4.69, 9.17) is 16.6 Å². The van der Waals surface area contributed by atoms with Crippen LogP contribution in [0.15, 0.2) is 23.1 Å². The quantitative estimate of drug-likeness (QED) is 0.487. The number of hydrogen-bond acceptors (Lipinski definition) is 6. The third-order valence-electron chi connectivity index (χ3n) is 2.06. The minimum absolute atomic E-state index is 0.0667. The van der Waals surface area contributed by atoms with E-state index in [-0.39, 0.29) is 12.6 Å². The molecule has 1 unspecified atom stereocenters. The molecule has 1 atom stereocenters. The summed E-state index contributed by atoms with van der Waals surface area (Å²) >= 11 is 0. The predicted octanol–water partition coefficient (Wildman–Crippen LogP) is -0.801. The van der Waals surface area contributed by atoms with Crippen LogP contribution in [0.5, 0.6) is 0 Å². The first-order chi connectivity index (χ1) is 7.72. The lowest BCUT2D eigenvalue weighted by molar-refractivity contribution is 0.343. The minimum Gasteiger partial charge on any atom is -0.392 e. The molecule has 0 bridgehead atoms. The molecule has 1 aliphatic rings. The van der Waals surface area contributed by atoms with Crippen molar-refractivity contribution >= 4 is 18.0 Å². The normalized spacial score (nSPS) is 17.9. The fourth-order valence-electron chi connectivity index (χ4n) is 1.41. The number of nitrogens with zero attached hydrogens (tertiary/aromatic N) is 3. The number of aliphatic imine (C=N–C) groups is 1. The van der Waals surface area contributed by atoms with Crippen LogP contribution in [0.2, 0.25) is 0 Å². The molecular weight excluding hydrogens is 208 g/mol. The number of aliphatic hydroxyl groups excluding tert-OH is 1. The molecule has 0 spiro atoms. The van der Waals surface area contributed by atoms with Crippen LogP contribution in [0.1, 0.15) is 11.9 Å². The SMILES string of the molecule is NC1=NC(N)c2c(ncn2C=C=CCO)N1. The van der Waals surface area contributed by atoms with E-state index in [0.717, 1.165) is 0 Å². The average Bonchev–Trinajstić information content (AvgIpc) is 2.62. The monoisotopic (exact) mass is 220 g/mol. The van der Waals surface area contributed by atoms with Crippen LogP contribution in [0.3, 0.4) is 0 Å². The van der Waals surface area contributed by atoms with E-state index >= 15 is 0 Å². The minimum atomic E-state index is -0.550. The van der Waals surface area contributed by atoms with Gasteiger partial charge in [0.05, 0.1) is 12.8 Å². The molecule has 84 valence electrons. The Morgan fingerprint density at radius 1 is 1.69 bits per heavy atom. The van der Waals surface area contributed by atoms with Gasteiger partial charge in [-0.05, 0) is 6.08 Å². The number of guanidine groups is 1. The van der Waals surface area contributed by atoms with Crippen molar-refractivity contribution in [3.63, 3.8) is 0 Å². The summed E-state index contributed by atoms with van der Waals surface area (Å²) in [6.45, 7) is -0.0667. The molecule has 2 heterocycles. The summed E-state index contributed by atoms with van der Waals surface area (Å²) in [4.78, 5) is 8.08. The number of aromatic nitrogens is 2. The van der Waals surface area contributed by atoms with E-state index in [1.54, 1.807) is 17.1 Å². The van der Waals surface area contributed by atoms with Crippen molar-refractivity contribution in [3.05, 3.63) is 23.8 Å². The molecule has 16 heavy (non-hydrogen) atoms. The number of anilines is 1. The van der Waals surface area contributed by atoms with Gasteiger partial charge in [-0.25, -0.2) is 9.98 Å². The number of aliphatic hydroxyl groups is 1. The van der Waals surface area contributed by atoms with Crippen molar-refractivity contribution in [1.82, 2.24) is 9.55 Å². The Morgan fingerprint density at radius 3 is 3.25 bits per heavy atom. The lowest BCUT2D eigenvalue weighted by atomic mass is 10.3. The van der Waals surface area contributed by atoms with Crippen LogP contribution in [0, 0.1) is 0 Å². The van der Waals surface area contributed by atoms with Crippen LogP contribution in [-0.2, 0) is 0 Å². The summed E-state index contributed by atoms with van der Waals surface area (Å²) in [5.41, 5.74) is 14.8. The van der Waals surface area contributed by atoms with Crippen molar-refractivity contribution < 1.29 is 5.11 Å². The van der Waals surface area contributed by atoms with Crippen LogP contribution in [0.25, 0.3) is 6.20 Å². The fraction of sp³-hybridized carbons (Fsp3) is 0.222. The van der Waals surface area contributed by atoms with Crippen LogP contribution in [-0.4, -0.2) is 27.2 Å². The van der Waals surface area contributed by atoms with Gasteiger partial charge in [0.2, 0.25) is 0 Å². The Kier molecular flexibility index (Phi) is 2.74. The van der Waals surface area contributed by atoms with Gasteiger partial charge >= 0.3 is 0 Å². The Morgan fingerprint density at radius 2 is 2.50 bits per heavy atom. The first kappa shape index (κ1) is 10.4. The number of rotatable bonds is 2. The molecule has 0 saturated carbocycles. The van der Waals surface area contributed by atoms with E-state index in [1.165, 1.54) is 6.08 Å². The molecule has 6 N–H and O–H groups in total. The number of hydrogen-bond donors (Lipinski definition) is 4. The molecule has 7 heteroatoms. The highest BCUT2D eigenvalue weighted by Gasteiger charge is 2.21. The van der Waals surface area contributed by atoms with Gasteiger partial charge in [-0.3, -0.25) is 4.57 Å². The second-order valence-electron chi connectivity index (χ2n) is 3.15. The Balaban J connectivity index is 2.37. The largest absolute Gasteiger partial charge is 0.392 e. The molecular formula is C9H12N6O. The average molecular weight is 220 g/mol. The molecule has 0 radical (unpaired) electrons.